The molecule has 2 bridgehead atoms. The monoisotopic (exact) mass is 531 g/mol. The molecule has 1 atom stereocenters. The zero-order valence-electron chi connectivity index (χ0n) is 22.1. The number of carbonyl (C=O) groups excluding carboxylic acids is 2. The number of rotatable bonds is 7. The van der Waals surface area contributed by atoms with Crippen LogP contribution in [0.1, 0.15) is 43.2 Å². The molecule has 1 aliphatic rings. The maximum atomic E-state index is 12.7. The van der Waals surface area contributed by atoms with E-state index in [-0.39, 0.29) is 19.1 Å². The van der Waals surface area contributed by atoms with Gasteiger partial charge in [0.1, 0.15) is 12.6 Å². The number of carbonyl (C=O) groups is 3. The van der Waals surface area contributed by atoms with Crippen LogP contribution in [0.25, 0.3) is 11.3 Å². The molecule has 3 amide bonds. The molecule has 1 aromatic heterocycles. The fourth-order valence-electron chi connectivity index (χ4n) is 4.14. The minimum absolute atomic E-state index is 0.174. The van der Waals surface area contributed by atoms with Gasteiger partial charge in [-0.25, -0.2) is 14.6 Å². The second-order valence-corrected chi connectivity index (χ2v) is 16.0. The Labute approximate surface area is 217 Å². The summed E-state index contributed by atoms with van der Waals surface area (Å²) in [4.78, 5) is 41.0. The molecule has 0 fully saturated rings. The van der Waals surface area contributed by atoms with Gasteiger partial charge in [0.25, 0.3) is 0 Å². The van der Waals surface area contributed by atoms with Crippen LogP contribution in [0.2, 0.25) is 25.7 Å². The van der Waals surface area contributed by atoms with Gasteiger partial charge >= 0.3 is 12.2 Å². The molecule has 0 aliphatic carbocycles. The number of nitrogens with zero attached hydrogens (tertiary/aromatic N) is 2. The number of anilines is 2. The summed E-state index contributed by atoms with van der Waals surface area (Å²) in [6, 6.07) is 5.57. The van der Waals surface area contributed by atoms with E-state index >= 15 is 0 Å². The van der Waals surface area contributed by atoms with Gasteiger partial charge in [0.2, 0.25) is 5.91 Å². The lowest BCUT2D eigenvalue weighted by molar-refractivity contribution is -0.116. The largest absolute Gasteiger partial charge is 0.465 e. The van der Waals surface area contributed by atoms with Crippen LogP contribution in [0.3, 0.4) is 0 Å². The van der Waals surface area contributed by atoms with Crippen molar-refractivity contribution in [1.82, 2.24) is 14.9 Å². The lowest BCUT2D eigenvalue weighted by Gasteiger charge is -2.20. The molecule has 0 unspecified atom stereocenters. The van der Waals surface area contributed by atoms with Crippen molar-refractivity contribution in [2.45, 2.75) is 71.1 Å². The summed E-state index contributed by atoms with van der Waals surface area (Å²) in [7, 11) is -0.00875. The van der Waals surface area contributed by atoms with Crippen LogP contribution in [0, 0.1) is 6.92 Å². The van der Waals surface area contributed by atoms with Crippen LogP contribution < -0.4 is 16.0 Å². The Morgan fingerprint density at radius 3 is 2.70 bits per heavy atom. The highest BCUT2D eigenvalue weighted by molar-refractivity contribution is 6.76. The maximum absolute atomic E-state index is 12.7. The summed E-state index contributed by atoms with van der Waals surface area (Å²) >= 11 is 0. The molecule has 0 radical (unpaired) electrons. The van der Waals surface area contributed by atoms with Gasteiger partial charge in [0.05, 0.1) is 24.5 Å². The molecule has 3 rings (SSSR count). The van der Waals surface area contributed by atoms with Gasteiger partial charge in [-0.3, -0.25) is 10.1 Å². The normalized spacial score (nSPS) is 16.0. The Morgan fingerprint density at radius 1 is 1.27 bits per heavy atom. The van der Waals surface area contributed by atoms with Crippen LogP contribution in [0.5, 0.6) is 0 Å². The number of ether oxygens (including phenoxy) is 2. The summed E-state index contributed by atoms with van der Waals surface area (Å²) in [5, 5.41) is 17.7. The van der Waals surface area contributed by atoms with Crippen LogP contribution in [-0.2, 0) is 21.0 Å². The van der Waals surface area contributed by atoms with E-state index in [1.807, 2.05) is 11.5 Å². The smallest absolute Gasteiger partial charge is 0.411 e. The number of hydrogen-bond acceptors (Lipinski definition) is 6. The minimum atomic E-state index is -1.28. The first kappa shape index (κ1) is 28.2. The van der Waals surface area contributed by atoms with Crippen LogP contribution in [0.4, 0.5) is 21.0 Å². The fourth-order valence-corrected chi connectivity index (χ4v) is 4.89. The number of imidazole rings is 1. The van der Waals surface area contributed by atoms with Crippen molar-refractivity contribution in [3.8, 4) is 11.3 Å². The molecule has 12 heteroatoms. The summed E-state index contributed by atoms with van der Waals surface area (Å²) in [5.41, 5.74) is 2.97. The average molecular weight is 532 g/mol. The van der Waals surface area contributed by atoms with E-state index < -0.39 is 26.3 Å². The van der Waals surface area contributed by atoms with E-state index in [2.05, 4.69) is 40.3 Å². The van der Waals surface area contributed by atoms with Crippen molar-refractivity contribution in [2.24, 2.45) is 0 Å². The molecule has 2 heterocycles. The van der Waals surface area contributed by atoms with Gasteiger partial charge in [0.15, 0.2) is 0 Å². The molecule has 2 aromatic rings. The topological polar surface area (TPSA) is 144 Å². The zero-order chi connectivity index (χ0) is 27.2. The lowest BCUT2D eigenvalue weighted by atomic mass is 10.0. The maximum Gasteiger partial charge on any atom is 0.411 e. The molecular weight excluding hydrogens is 494 g/mol. The Hall–Kier alpha value is -3.38. The first-order chi connectivity index (χ1) is 17.5. The van der Waals surface area contributed by atoms with E-state index in [1.165, 1.54) is 7.11 Å². The second-order valence-electron chi connectivity index (χ2n) is 10.4. The summed E-state index contributed by atoms with van der Waals surface area (Å²) < 4.78 is 12.6. The van der Waals surface area contributed by atoms with Gasteiger partial charge in [-0.1, -0.05) is 26.1 Å². The molecule has 202 valence electrons. The van der Waals surface area contributed by atoms with Gasteiger partial charge in [-0.2, -0.15) is 0 Å². The number of aromatic nitrogens is 2. The highest BCUT2D eigenvalue weighted by Gasteiger charge is 2.26. The SMILES string of the molecule is COC(=O)Nc1ccc2c(c1)NC(=O)CCCC[C@H](NC(=O)O)c1nc-2c(C)n1COCC[Si](C)(C)C. The van der Waals surface area contributed by atoms with Gasteiger partial charge < -0.3 is 29.8 Å². The Morgan fingerprint density at radius 2 is 2.03 bits per heavy atom. The van der Waals surface area contributed by atoms with Crippen LogP contribution in [0.15, 0.2) is 18.2 Å². The van der Waals surface area contributed by atoms with E-state index in [4.69, 9.17) is 9.72 Å². The molecular formula is C25H37N5O6Si. The number of carboxylic acid groups (broad SMARTS) is 1. The number of methoxy groups -OCH3 is 1. The molecule has 11 nitrogen and oxygen atoms in total. The van der Waals surface area contributed by atoms with E-state index in [9.17, 15) is 19.5 Å². The average Bonchev–Trinajstić information content (AvgIpc) is 3.13. The molecule has 1 aliphatic heterocycles. The van der Waals surface area contributed by atoms with Crippen molar-refractivity contribution >= 4 is 37.5 Å². The quantitative estimate of drug-likeness (QED) is 0.285. The highest BCUT2D eigenvalue weighted by Crippen LogP contribution is 2.35. The molecule has 0 saturated carbocycles. The minimum Gasteiger partial charge on any atom is -0.465 e. The summed E-state index contributed by atoms with van der Waals surface area (Å²) in [5.74, 6) is 0.393. The Bertz CT molecular complexity index is 1140. The van der Waals surface area contributed by atoms with Gasteiger partial charge in [0, 0.05) is 38.0 Å². The number of hydrogen-bond donors (Lipinski definition) is 4. The third kappa shape index (κ3) is 7.80. The number of benzene rings is 1. The van der Waals surface area contributed by atoms with E-state index in [0.717, 1.165) is 11.7 Å². The standard InChI is InChI=1S/C25H37N5O6Si/c1-16-22-18-11-10-17(26-25(34)35-2)14-20(18)27-21(31)9-7-6-8-19(28-24(32)33)23(29-22)30(16)15-36-12-13-37(3,4)5/h10-11,14,19,28H,6-9,12-13,15H2,1-5H3,(H,26,34)(H,27,31)(H,32,33)/t19-/m0/s1. The Balaban J connectivity index is 2.08. The van der Waals surface area contributed by atoms with Crippen LogP contribution >= 0.6 is 0 Å². The van der Waals surface area contributed by atoms with E-state index in [0.29, 0.717) is 54.3 Å². The predicted molar refractivity (Wildman–Crippen MR) is 144 cm³/mol. The molecule has 0 saturated heterocycles. The molecule has 0 spiro atoms. The van der Waals surface area contributed by atoms with Crippen molar-refractivity contribution in [3.63, 3.8) is 0 Å². The van der Waals surface area contributed by atoms with E-state index in [1.54, 1.807) is 18.2 Å². The predicted octanol–water partition coefficient (Wildman–Crippen LogP) is 5.17. The lowest BCUT2D eigenvalue weighted by Crippen LogP contribution is -2.30. The fraction of sp³-hybridized carbons (Fsp3) is 0.520. The van der Waals surface area contributed by atoms with Gasteiger partial charge in [-0.15, -0.1) is 0 Å². The molecule has 4 N–H and O–H groups in total. The first-order valence-electron chi connectivity index (χ1n) is 12.4. The third-order valence-corrected chi connectivity index (χ3v) is 7.91. The van der Waals surface area contributed by atoms with Crippen molar-refractivity contribution in [3.05, 3.63) is 29.7 Å². The zero-order valence-corrected chi connectivity index (χ0v) is 23.1. The highest BCUT2D eigenvalue weighted by atomic mass is 28.3. The number of fused-ring (bicyclic) bond motifs is 4. The molecule has 1 aromatic carbocycles. The van der Waals surface area contributed by atoms with Crippen molar-refractivity contribution < 1.29 is 29.0 Å². The Kier molecular flexibility index (Phi) is 9.32. The van der Waals surface area contributed by atoms with Crippen molar-refractivity contribution in [1.29, 1.82) is 0 Å². The number of amides is 3. The third-order valence-electron chi connectivity index (χ3n) is 6.20. The van der Waals surface area contributed by atoms with Gasteiger partial charge in [-0.05, 0) is 44.0 Å². The summed E-state index contributed by atoms with van der Waals surface area (Å²) in [6.45, 7) is 9.59. The molecule has 37 heavy (non-hydrogen) atoms. The first-order valence-corrected chi connectivity index (χ1v) is 16.1. The number of nitrogens with one attached hydrogen (secondary N) is 3. The summed E-state index contributed by atoms with van der Waals surface area (Å²) in [6.07, 6.45) is 0.231. The second kappa shape index (κ2) is 12.2. The van der Waals surface area contributed by atoms with Crippen molar-refractivity contribution in [2.75, 3.05) is 24.4 Å². The van der Waals surface area contributed by atoms with Crippen LogP contribution in [-0.4, -0.2) is 54.5 Å².